The zero-order chi connectivity index (χ0) is 15.5. The molecule has 1 aliphatic heterocycles. The summed E-state index contributed by atoms with van der Waals surface area (Å²) in [6, 6.07) is 6.15. The molecule has 1 aliphatic rings. The third-order valence-corrected chi connectivity index (χ3v) is 4.93. The van der Waals surface area contributed by atoms with Crippen LogP contribution in [0, 0.1) is 0 Å². The van der Waals surface area contributed by atoms with E-state index in [1.54, 1.807) is 14.2 Å². The Kier molecular flexibility index (Phi) is 5.12. The number of nitrogens with zero attached hydrogens (tertiary/aromatic N) is 1. The standard InChI is InChI=1S/C17H28N2O2/c1-5-17(18,13(2)19-10-6-7-11-19)15-12-14(20-3)8-9-16(15)21-4/h8-9,12-13H,5-7,10-11,18H2,1-4H3. The molecule has 1 aromatic rings. The minimum atomic E-state index is -0.440. The van der Waals surface area contributed by atoms with Gasteiger partial charge in [-0.15, -0.1) is 0 Å². The maximum Gasteiger partial charge on any atom is 0.124 e. The number of likely N-dealkylation sites (tertiary alicyclic amines) is 1. The first-order valence-electron chi connectivity index (χ1n) is 7.82. The summed E-state index contributed by atoms with van der Waals surface area (Å²) in [6.07, 6.45) is 3.38. The normalized spacial score (nSPS) is 20.0. The molecule has 21 heavy (non-hydrogen) atoms. The zero-order valence-electron chi connectivity index (χ0n) is 13.7. The van der Waals surface area contributed by atoms with Crippen LogP contribution >= 0.6 is 0 Å². The molecule has 0 saturated carbocycles. The van der Waals surface area contributed by atoms with Crippen molar-refractivity contribution >= 4 is 0 Å². The Morgan fingerprint density at radius 1 is 1.24 bits per heavy atom. The van der Waals surface area contributed by atoms with Crippen molar-refractivity contribution < 1.29 is 9.47 Å². The lowest BCUT2D eigenvalue weighted by Gasteiger charge is -2.41. The fraction of sp³-hybridized carbons (Fsp3) is 0.647. The highest BCUT2D eigenvalue weighted by atomic mass is 16.5. The molecule has 4 heteroatoms. The van der Waals surface area contributed by atoms with E-state index in [-0.39, 0.29) is 6.04 Å². The predicted molar refractivity (Wildman–Crippen MR) is 86.0 cm³/mol. The first-order valence-corrected chi connectivity index (χ1v) is 7.82. The molecular formula is C17H28N2O2. The molecule has 1 saturated heterocycles. The van der Waals surface area contributed by atoms with Gasteiger partial charge in [0.25, 0.3) is 0 Å². The van der Waals surface area contributed by atoms with E-state index in [1.165, 1.54) is 12.8 Å². The molecule has 1 aromatic carbocycles. The van der Waals surface area contributed by atoms with E-state index in [1.807, 2.05) is 18.2 Å². The molecule has 0 radical (unpaired) electrons. The number of nitrogens with two attached hydrogens (primary N) is 1. The largest absolute Gasteiger partial charge is 0.497 e. The number of hydrogen-bond acceptors (Lipinski definition) is 4. The van der Waals surface area contributed by atoms with Gasteiger partial charge in [-0.25, -0.2) is 0 Å². The fourth-order valence-electron chi connectivity index (χ4n) is 3.34. The maximum atomic E-state index is 6.86. The van der Waals surface area contributed by atoms with Crippen LogP contribution in [0.1, 0.15) is 38.7 Å². The van der Waals surface area contributed by atoms with E-state index in [9.17, 15) is 0 Å². The second-order valence-electron chi connectivity index (χ2n) is 5.88. The second kappa shape index (κ2) is 6.67. The van der Waals surface area contributed by atoms with Crippen molar-refractivity contribution in [1.29, 1.82) is 0 Å². The van der Waals surface area contributed by atoms with Gasteiger partial charge in [-0.05, 0) is 57.5 Å². The van der Waals surface area contributed by atoms with Gasteiger partial charge in [0.1, 0.15) is 11.5 Å². The number of methoxy groups -OCH3 is 2. The molecule has 0 spiro atoms. The van der Waals surface area contributed by atoms with Crippen LogP contribution in [-0.2, 0) is 5.54 Å². The van der Waals surface area contributed by atoms with Crippen molar-refractivity contribution in [3.05, 3.63) is 23.8 Å². The van der Waals surface area contributed by atoms with Gasteiger partial charge in [0.05, 0.1) is 19.8 Å². The molecule has 1 fully saturated rings. The van der Waals surface area contributed by atoms with Gasteiger partial charge in [0.2, 0.25) is 0 Å². The van der Waals surface area contributed by atoms with E-state index < -0.39 is 5.54 Å². The quantitative estimate of drug-likeness (QED) is 0.876. The third-order valence-electron chi connectivity index (χ3n) is 4.93. The second-order valence-corrected chi connectivity index (χ2v) is 5.88. The Balaban J connectivity index is 2.42. The smallest absolute Gasteiger partial charge is 0.124 e. The highest BCUT2D eigenvalue weighted by Crippen LogP contribution is 2.38. The molecule has 0 aliphatic carbocycles. The van der Waals surface area contributed by atoms with Crippen LogP contribution in [0.2, 0.25) is 0 Å². The van der Waals surface area contributed by atoms with Crippen LogP contribution in [0.15, 0.2) is 18.2 Å². The van der Waals surface area contributed by atoms with Crippen molar-refractivity contribution in [3.8, 4) is 11.5 Å². The minimum absolute atomic E-state index is 0.269. The van der Waals surface area contributed by atoms with Gasteiger partial charge in [-0.2, -0.15) is 0 Å². The molecule has 0 amide bonds. The van der Waals surface area contributed by atoms with E-state index in [0.717, 1.165) is 36.6 Å². The molecule has 4 nitrogen and oxygen atoms in total. The van der Waals surface area contributed by atoms with Crippen molar-refractivity contribution in [3.63, 3.8) is 0 Å². The summed E-state index contributed by atoms with van der Waals surface area (Å²) < 4.78 is 10.9. The monoisotopic (exact) mass is 292 g/mol. The van der Waals surface area contributed by atoms with Crippen LogP contribution < -0.4 is 15.2 Å². The van der Waals surface area contributed by atoms with Crippen molar-refractivity contribution in [2.75, 3.05) is 27.3 Å². The average Bonchev–Trinajstić information content (AvgIpc) is 3.07. The Hall–Kier alpha value is -1.26. The summed E-state index contributed by atoms with van der Waals surface area (Å²) in [5.74, 6) is 1.66. The topological polar surface area (TPSA) is 47.7 Å². The number of ether oxygens (including phenoxy) is 2. The Morgan fingerprint density at radius 2 is 1.90 bits per heavy atom. The van der Waals surface area contributed by atoms with E-state index in [0.29, 0.717) is 0 Å². The highest BCUT2D eigenvalue weighted by molar-refractivity contribution is 5.45. The lowest BCUT2D eigenvalue weighted by molar-refractivity contribution is 0.153. The lowest BCUT2D eigenvalue weighted by Crippen LogP contribution is -2.53. The Morgan fingerprint density at radius 3 is 2.43 bits per heavy atom. The van der Waals surface area contributed by atoms with Gasteiger partial charge in [-0.1, -0.05) is 6.92 Å². The van der Waals surface area contributed by atoms with Crippen LogP contribution in [0.4, 0.5) is 0 Å². The number of hydrogen-bond donors (Lipinski definition) is 1. The minimum Gasteiger partial charge on any atom is -0.497 e. The van der Waals surface area contributed by atoms with Crippen LogP contribution in [0.5, 0.6) is 11.5 Å². The molecule has 2 atom stereocenters. The predicted octanol–water partition coefficient (Wildman–Crippen LogP) is 2.75. The summed E-state index contributed by atoms with van der Waals surface area (Å²) in [5, 5.41) is 0. The summed E-state index contributed by atoms with van der Waals surface area (Å²) in [7, 11) is 3.38. The summed E-state index contributed by atoms with van der Waals surface area (Å²) in [4.78, 5) is 2.49. The van der Waals surface area contributed by atoms with Crippen molar-refractivity contribution in [1.82, 2.24) is 4.90 Å². The van der Waals surface area contributed by atoms with Crippen molar-refractivity contribution in [2.45, 2.75) is 44.7 Å². The summed E-state index contributed by atoms with van der Waals surface area (Å²) in [6.45, 7) is 6.64. The molecule has 118 valence electrons. The SMILES string of the molecule is CCC(N)(c1cc(OC)ccc1OC)C(C)N1CCCC1. The van der Waals surface area contributed by atoms with E-state index >= 15 is 0 Å². The average molecular weight is 292 g/mol. The first kappa shape index (κ1) is 16.1. The lowest BCUT2D eigenvalue weighted by atomic mass is 9.80. The molecule has 2 unspecified atom stereocenters. The summed E-state index contributed by atoms with van der Waals surface area (Å²) in [5.41, 5.74) is 7.46. The van der Waals surface area contributed by atoms with Gasteiger partial charge in [0.15, 0.2) is 0 Å². The van der Waals surface area contributed by atoms with Crippen LogP contribution in [0.3, 0.4) is 0 Å². The molecular weight excluding hydrogens is 264 g/mol. The maximum absolute atomic E-state index is 6.86. The Labute approximate surface area is 128 Å². The molecule has 0 aromatic heterocycles. The highest BCUT2D eigenvalue weighted by Gasteiger charge is 2.39. The molecule has 2 rings (SSSR count). The first-order chi connectivity index (χ1) is 10.1. The van der Waals surface area contributed by atoms with Gasteiger partial charge in [-0.3, -0.25) is 4.90 Å². The molecule has 0 bridgehead atoms. The summed E-state index contributed by atoms with van der Waals surface area (Å²) >= 11 is 0. The van der Waals surface area contributed by atoms with E-state index in [2.05, 4.69) is 18.7 Å². The van der Waals surface area contributed by atoms with Gasteiger partial charge in [0, 0.05) is 11.6 Å². The number of rotatable bonds is 6. The molecule has 2 N–H and O–H groups in total. The van der Waals surface area contributed by atoms with Crippen LogP contribution in [0.25, 0.3) is 0 Å². The van der Waals surface area contributed by atoms with Crippen molar-refractivity contribution in [2.24, 2.45) is 5.73 Å². The zero-order valence-corrected chi connectivity index (χ0v) is 13.7. The van der Waals surface area contributed by atoms with Gasteiger partial charge >= 0.3 is 0 Å². The fourth-order valence-corrected chi connectivity index (χ4v) is 3.34. The van der Waals surface area contributed by atoms with E-state index in [4.69, 9.17) is 15.2 Å². The Bertz CT molecular complexity index is 472. The number of benzene rings is 1. The molecule has 1 heterocycles. The van der Waals surface area contributed by atoms with Gasteiger partial charge < -0.3 is 15.2 Å². The third kappa shape index (κ3) is 3.01. The van der Waals surface area contributed by atoms with Crippen LogP contribution in [-0.4, -0.2) is 38.3 Å².